The molecule has 24 heavy (non-hydrogen) atoms. The number of anilines is 2. The van der Waals surface area contributed by atoms with E-state index in [0.717, 1.165) is 6.07 Å². The Kier molecular flexibility index (Phi) is 4.68. The van der Waals surface area contributed by atoms with Crippen LogP contribution in [0.4, 0.5) is 15.8 Å². The van der Waals surface area contributed by atoms with Crippen molar-refractivity contribution in [2.75, 3.05) is 35.9 Å². The van der Waals surface area contributed by atoms with Crippen molar-refractivity contribution in [3.8, 4) is 0 Å². The van der Waals surface area contributed by atoms with Gasteiger partial charge < -0.3 is 9.64 Å². The summed E-state index contributed by atoms with van der Waals surface area (Å²) in [7, 11) is -3.82. The molecular weight excluding hydrogens is 333 g/mol. The number of aryl methyl sites for hydroxylation is 1. The molecule has 0 bridgehead atoms. The molecule has 1 fully saturated rings. The molecule has 0 amide bonds. The third kappa shape index (κ3) is 3.82. The zero-order valence-electron chi connectivity index (χ0n) is 13.2. The number of rotatable bonds is 4. The number of halogens is 1. The standard InChI is InChI=1S/C16H18FN3O3S/c1-12-2-3-16(11-18-12)24(21,22)19-14-8-13(17)9-15(10-14)20-4-6-23-7-5-20/h2-3,8-11,19H,4-7H2,1H3. The first-order chi connectivity index (χ1) is 11.4. The smallest absolute Gasteiger partial charge is 0.263 e. The molecule has 0 unspecified atom stereocenters. The summed E-state index contributed by atoms with van der Waals surface area (Å²) in [4.78, 5) is 5.97. The number of morpholine rings is 1. The minimum Gasteiger partial charge on any atom is -0.378 e. The van der Waals surface area contributed by atoms with E-state index in [1.54, 1.807) is 19.1 Å². The number of hydrogen-bond donors (Lipinski definition) is 1. The Balaban J connectivity index is 1.86. The van der Waals surface area contributed by atoms with E-state index in [1.165, 1.54) is 18.3 Å². The van der Waals surface area contributed by atoms with Crippen LogP contribution in [0.3, 0.4) is 0 Å². The molecule has 8 heteroatoms. The lowest BCUT2D eigenvalue weighted by Crippen LogP contribution is -2.36. The van der Waals surface area contributed by atoms with Gasteiger partial charge in [0.1, 0.15) is 10.7 Å². The van der Waals surface area contributed by atoms with Gasteiger partial charge in [0.15, 0.2) is 0 Å². The van der Waals surface area contributed by atoms with Crippen molar-refractivity contribution in [1.29, 1.82) is 0 Å². The molecule has 0 atom stereocenters. The summed E-state index contributed by atoms with van der Waals surface area (Å²) in [5, 5.41) is 0. The fourth-order valence-corrected chi connectivity index (χ4v) is 3.45. The molecule has 0 radical (unpaired) electrons. The Morgan fingerprint density at radius 2 is 1.96 bits per heavy atom. The number of ether oxygens (including phenoxy) is 1. The van der Waals surface area contributed by atoms with Gasteiger partial charge in [-0.25, -0.2) is 12.8 Å². The summed E-state index contributed by atoms with van der Waals surface area (Å²) in [6, 6.07) is 7.24. The molecule has 3 rings (SSSR count). The maximum absolute atomic E-state index is 13.9. The van der Waals surface area contributed by atoms with Crippen molar-refractivity contribution in [2.24, 2.45) is 0 Å². The topological polar surface area (TPSA) is 71.5 Å². The summed E-state index contributed by atoms with van der Waals surface area (Å²) in [6.45, 7) is 4.17. The molecule has 6 nitrogen and oxygen atoms in total. The van der Waals surface area contributed by atoms with Crippen LogP contribution >= 0.6 is 0 Å². The van der Waals surface area contributed by atoms with Crippen LogP contribution in [0, 0.1) is 12.7 Å². The van der Waals surface area contributed by atoms with Crippen molar-refractivity contribution in [3.05, 3.63) is 48.0 Å². The predicted molar refractivity (Wildman–Crippen MR) is 89.2 cm³/mol. The van der Waals surface area contributed by atoms with Gasteiger partial charge in [0.05, 0.1) is 18.9 Å². The molecule has 0 spiro atoms. The molecule has 1 aliphatic rings. The first-order valence-electron chi connectivity index (χ1n) is 7.53. The van der Waals surface area contributed by atoms with Gasteiger partial charge in [-0.1, -0.05) is 0 Å². The van der Waals surface area contributed by atoms with Crippen LogP contribution in [0.1, 0.15) is 5.69 Å². The van der Waals surface area contributed by atoms with Gasteiger partial charge in [-0.15, -0.1) is 0 Å². The van der Waals surface area contributed by atoms with Gasteiger partial charge in [-0.05, 0) is 37.3 Å². The van der Waals surface area contributed by atoms with E-state index in [9.17, 15) is 12.8 Å². The van der Waals surface area contributed by atoms with E-state index in [4.69, 9.17) is 4.74 Å². The van der Waals surface area contributed by atoms with Gasteiger partial charge in [0, 0.05) is 30.7 Å². The minimum absolute atomic E-state index is 0.0327. The number of nitrogens with one attached hydrogen (secondary N) is 1. The molecule has 1 N–H and O–H groups in total. The Morgan fingerprint density at radius 1 is 1.21 bits per heavy atom. The van der Waals surface area contributed by atoms with Crippen molar-refractivity contribution < 1.29 is 17.5 Å². The number of aromatic nitrogens is 1. The SMILES string of the molecule is Cc1ccc(S(=O)(=O)Nc2cc(F)cc(N3CCOCC3)c2)cn1. The first-order valence-corrected chi connectivity index (χ1v) is 9.01. The van der Waals surface area contributed by atoms with Crippen LogP contribution in [0.2, 0.25) is 0 Å². The zero-order chi connectivity index (χ0) is 17.2. The maximum atomic E-state index is 13.9. The second-order valence-corrected chi connectivity index (χ2v) is 7.22. The predicted octanol–water partition coefficient (Wildman–Crippen LogP) is 2.17. The van der Waals surface area contributed by atoms with Gasteiger partial charge in [-0.2, -0.15) is 0 Å². The Bertz CT molecular complexity index is 819. The Morgan fingerprint density at radius 3 is 2.62 bits per heavy atom. The monoisotopic (exact) mass is 351 g/mol. The van der Waals surface area contributed by atoms with Crippen LogP contribution < -0.4 is 9.62 Å². The summed E-state index contributed by atoms with van der Waals surface area (Å²) < 4.78 is 46.4. The zero-order valence-corrected chi connectivity index (χ0v) is 14.0. The number of benzene rings is 1. The molecule has 0 saturated carbocycles. The van der Waals surface area contributed by atoms with E-state index in [2.05, 4.69) is 9.71 Å². The average Bonchev–Trinajstić information content (AvgIpc) is 2.55. The van der Waals surface area contributed by atoms with Crippen LogP contribution in [0.25, 0.3) is 0 Å². The van der Waals surface area contributed by atoms with E-state index in [-0.39, 0.29) is 10.6 Å². The Hall–Kier alpha value is -2.19. The molecule has 2 aromatic rings. The molecule has 1 aliphatic heterocycles. The number of hydrogen-bond acceptors (Lipinski definition) is 5. The quantitative estimate of drug-likeness (QED) is 0.914. The lowest BCUT2D eigenvalue weighted by molar-refractivity contribution is 0.122. The molecule has 128 valence electrons. The third-order valence-electron chi connectivity index (χ3n) is 3.71. The van der Waals surface area contributed by atoms with Crippen molar-refractivity contribution in [1.82, 2.24) is 4.98 Å². The normalized spacial score (nSPS) is 15.3. The number of pyridine rings is 1. The first kappa shape index (κ1) is 16.7. The van der Waals surface area contributed by atoms with E-state index >= 15 is 0 Å². The molecule has 1 aromatic heterocycles. The number of sulfonamides is 1. The lowest BCUT2D eigenvalue weighted by atomic mass is 10.2. The van der Waals surface area contributed by atoms with Crippen LogP contribution in [0.15, 0.2) is 41.4 Å². The van der Waals surface area contributed by atoms with E-state index in [1.807, 2.05) is 4.90 Å². The summed E-state index contributed by atoms with van der Waals surface area (Å²) in [6.07, 6.45) is 1.28. The Labute approximate surface area is 140 Å². The fourth-order valence-electron chi connectivity index (χ4n) is 2.46. The molecule has 1 saturated heterocycles. The summed E-state index contributed by atoms with van der Waals surface area (Å²) >= 11 is 0. The highest BCUT2D eigenvalue weighted by atomic mass is 32.2. The molecular formula is C16H18FN3O3S. The molecule has 1 aromatic carbocycles. The van der Waals surface area contributed by atoms with E-state index < -0.39 is 15.8 Å². The van der Waals surface area contributed by atoms with Crippen LogP contribution in [-0.2, 0) is 14.8 Å². The highest BCUT2D eigenvalue weighted by molar-refractivity contribution is 7.92. The third-order valence-corrected chi connectivity index (χ3v) is 5.07. The largest absolute Gasteiger partial charge is 0.378 e. The van der Waals surface area contributed by atoms with Crippen LogP contribution in [0.5, 0.6) is 0 Å². The second kappa shape index (κ2) is 6.74. The van der Waals surface area contributed by atoms with Gasteiger partial charge in [0.25, 0.3) is 10.0 Å². The van der Waals surface area contributed by atoms with Crippen molar-refractivity contribution in [2.45, 2.75) is 11.8 Å². The fraction of sp³-hybridized carbons (Fsp3) is 0.312. The number of nitrogens with zero attached hydrogens (tertiary/aromatic N) is 2. The molecule has 0 aliphatic carbocycles. The van der Waals surface area contributed by atoms with Gasteiger partial charge in [-0.3, -0.25) is 9.71 Å². The van der Waals surface area contributed by atoms with Gasteiger partial charge >= 0.3 is 0 Å². The minimum atomic E-state index is -3.82. The average molecular weight is 351 g/mol. The van der Waals surface area contributed by atoms with Crippen molar-refractivity contribution >= 4 is 21.4 Å². The van der Waals surface area contributed by atoms with Crippen molar-refractivity contribution in [3.63, 3.8) is 0 Å². The van der Waals surface area contributed by atoms with Gasteiger partial charge in [0.2, 0.25) is 0 Å². The molecule has 2 heterocycles. The highest BCUT2D eigenvalue weighted by Gasteiger charge is 2.17. The van der Waals surface area contributed by atoms with E-state index in [0.29, 0.717) is 37.7 Å². The lowest BCUT2D eigenvalue weighted by Gasteiger charge is -2.29. The summed E-state index contributed by atoms with van der Waals surface area (Å²) in [5.41, 5.74) is 1.52. The summed E-state index contributed by atoms with van der Waals surface area (Å²) in [5.74, 6) is -0.501. The second-order valence-electron chi connectivity index (χ2n) is 5.54. The maximum Gasteiger partial charge on any atom is 0.263 e. The highest BCUT2D eigenvalue weighted by Crippen LogP contribution is 2.24. The van der Waals surface area contributed by atoms with Crippen LogP contribution in [-0.4, -0.2) is 39.7 Å².